The summed E-state index contributed by atoms with van der Waals surface area (Å²) in [6.07, 6.45) is 4.65. The Morgan fingerprint density at radius 3 is 2.81 bits per heavy atom. The first-order valence-corrected chi connectivity index (χ1v) is 10.1. The van der Waals surface area contributed by atoms with Crippen molar-refractivity contribution < 1.29 is 9.23 Å². The average Bonchev–Trinajstić information content (AvgIpc) is 3.11. The molecule has 4 rings (SSSR count). The van der Waals surface area contributed by atoms with Gasteiger partial charge in [-0.1, -0.05) is 17.3 Å². The van der Waals surface area contributed by atoms with Gasteiger partial charge in [0.1, 0.15) is 29.4 Å². The van der Waals surface area contributed by atoms with Gasteiger partial charge in [0.15, 0.2) is 0 Å². The van der Waals surface area contributed by atoms with Crippen molar-refractivity contribution in [2.75, 3.05) is 11.1 Å². The Kier molecular flexibility index (Phi) is 5.72. The summed E-state index contributed by atoms with van der Waals surface area (Å²) < 4.78 is 15.3. The maximum Gasteiger partial charge on any atom is 0.144 e. The molecule has 0 aliphatic carbocycles. The normalized spacial score (nSPS) is 11.9. The minimum atomic E-state index is -0.425. The minimum Gasteiger partial charge on any atom is -0.390 e. The number of rotatable bonds is 6. The first-order valence-electron chi connectivity index (χ1n) is 10.1. The van der Waals surface area contributed by atoms with E-state index in [0.29, 0.717) is 17.9 Å². The van der Waals surface area contributed by atoms with Crippen molar-refractivity contribution in [2.45, 2.75) is 32.9 Å². The van der Waals surface area contributed by atoms with E-state index in [1.54, 1.807) is 12.3 Å². The zero-order valence-electron chi connectivity index (χ0n) is 18.1. The smallest absolute Gasteiger partial charge is 0.144 e. The maximum absolute atomic E-state index is 13.5. The van der Waals surface area contributed by atoms with Crippen LogP contribution in [-0.2, 0) is 11.4 Å². The van der Waals surface area contributed by atoms with Crippen LogP contribution in [0.1, 0.15) is 31.9 Å². The first-order chi connectivity index (χ1) is 15.3. The highest BCUT2D eigenvalue weighted by molar-refractivity contribution is 5.93. The number of nitrogens with zero attached hydrogens (tertiary/aromatic N) is 5. The molecule has 0 saturated carbocycles. The number of hydrogen-bond donors (Lipinski definition) is 2. The lowest BCUT2D eigenvalue weighted by Crippen LogP contribution is -2.15. The number of nitrogens with one attached hydrogen (secondary N) is 1. The van der Waals surface area contributed by atoms with Crippen LogP contribution in [0.2, 0.25) is 0 Å². The molecular weight excluding hydrogens is 409 g/mol. The molecule has 4 aromatic rings. The molecule has 0 saturated heterocycles. The van der Waals surface area contributed by atoms with Crippen molar-refractivity contribution in [2.24, 2.45) is 5.16 Å². The molecule has 0 fully saturated rings. The Labute approximate surface area is 184 Å². The van der Waals surface area contributed by atoms with Gasteiger partial charge in [0.05, 0.1) is 30.0 Å². The molecule has 2 aromatic carbocycles. The van der Waals surface area contributed by atoms with Crippen LogP contribution in [0.5, 0.6) is 0 Å². The summed E-state index contributed by atoms with van der Waals surface area (Å²) in [6.45, 7) is 6.18. The third-order valence-corrected chi connectivity index (χ3v) is 4.55. The van der Waals surface area contributed by atoms with Crippen molar-refractivity contribution in [3.63, 3.8) is 0 Å². The van der Waals surface area contributed by atoms with Crippen molar-refractivity contribution in [3.8, 4) is 0 Å². The van der Waals surface area contributed by atoms with Gasteiger partial charge in [0.25, 0.3) is 0 Å². The monoisotopic (exact) mass is 433 g/mol. The summed E-state index contributed by atoms with van der Waals surface area (Å²) in [7, 11) is 0. The van der Waals surface area contributed by atoms with Crippen molar-refractivity contribution in [1.82, 2.24) is 19.7 Å². The second-order valence-corrected chi connectivity index (χ2v) is 8.29. The molecule has 32 heavy (non-hydrogen) atoms. The molecule has 8 nitrogen and oxygen atoms in total. The number of fused-ring (bicyclic) bond motifs is 1. The largest absolute Gasteiger partial charge is 0.390 e. The van der Waals surface area contributed by atoms with Crippen LogP contribution in [0.3, 0.4) is 0 Å². The SMILES string of the molecule is CC(C)(C)ON=Cc1c(N)ncnc1Nc1ccc2c(cnn2Cc2cccc(F)c2)c1. The summed E-state index contributed by atoms with van der Waals surface area (Å²) in [4.78, 5) is 13.7. The standard InChI is InChI=1S/C23H24FN7O/c1-23(2,3)32-29-12-19-21(25)26-14-27-22(19)30-18-7-8-20-16(10-18)11-28-31(20)13-15-5-4-6-17(24)9-15/h4-12,14H,13H2,1-3H3,(H3,25,26,27,30). The third-order valence-electron chi connectivity index (χ3n) is 4.55. The van der Waals surface area contributed by atoms with Crippen LogP contribution < -0.4 is 11.1 Å². The third kappa shape index (κ3) is 5.00. The molecule has 0 atom stereocenters. The lowest BCUT2D eigenvalue weighted by molar-refractivity contribution is 0.00199. The van der Waals surface area contributed by atoms with E-state index in [0.717, 1.165) is 22.2 Å². The maximum atomic E-state index is 13.5. The van der Waals surface area contributed by atoms with E-state index in [1.807, 2.05) is 49.7 Å². The predicted molar refractivity (Wildman–Crippen MR) is 123 cm³/mol. The summed E-state index contributed by atoms with van der Waals surface area (Å²) in [5, 5.41) is 12.6. The van der Waals surface area contributed by atoms with E-state index in [9.17, 15) is 4.39 Å². The molecule has 0 radical (unpaired) electrons. The first kappa shape index (κ1) is 21.2. The van der Waals surface area contributed by atoms with Gasteiger partial charge >= 0.3 is 0 Å². The lowest BCUT2D eigenvalue weighted by Gasteiger charge is -2.15. The fraction of sp³-hybridized carbons (Fsp3) is 0.217. The molecule has 3 N–H and O–H groups in total. The Balaban J connectivity index is 1.57. The van der Waals surface area contributed by atoms with E-state index in [-0.39, 0.29) is 11.6 Å². The Bertz CT molecular complexity index is 1280. The number of aromatic nitrogens is 4. The average molecular weight is 433 g/mol. The molecule has 0 unspecified atom stereocenters. The Morgan fingerprint density at radius 1 is 1.19 bits per heavy atom. The molecule has 0 aliphatic heterocycles. The predicted octanol–water partition coefficient (Wildman–Crippen LogP) is 4.49. The number of hydrogen-bond acceptors (Lipinski definition) is 7. The summed E-state index contributed by atoms with van der Waals surface area (Å²) in [6, 6.07) is 12.3. The van der Waals surface area contributed by atoms with E-state index < -0.39 is 5.60 Å². The molecule has 0 bridgehead atoms. The highest BCUT2D eigenvalue weighted by Crippen LogP contribution is 2.25. The molecule has 0 spiro atoms. The van der Waals surface area contributed by atoms with E-state index in [1.165, 1.54) is 24.7 Å². The van der Waals surface area contributed by atoms with Crippen LogP contribution in [0.25, 0.3) is 10.9 Å². The van der Waals surface area contributed by atoms with Gasteiger partial charge < -0.3 is 15.9 Å². The number of benzene rings is 2. The zero-order valence-corrected chi connectivity index (χ0v) is 18.1. The van der Waals surface area contributed by atoms with Crippen molar-refractivity contribution >= 4 is 34.4 Å². The second-order valence-electron chi connectivity index (χ2n) is 8.29. The zero-order chi connectivity index (χ0) is 22.7. The van der Waals surface area contributed by atoms with Crippen LogP contribution in [0.4, 0.5) is 21.7 Å². The fourth-order valence-corrected chi connectivity index (χ4v) is 3.11. The fourth-order valence-electron chi connectivity index (χ4n) is 3.11. The van der Waals surface area contributed by atoms with Crippen LogP contribution in [-0.4, -0.2) is 31.6 Å². The van der Waals surface area contributed by atoms with Crippen molar-refractivity contribution in [1.29, 1.82) is 0 Å². The second kappa shape index (κ2) is 8.62. The Morgan fingerprint density at radius 2 is 2.03 bits per heavy atom. The topological polar surface area (TPSA) is 103 Å². The molecule has 0 aliphatic rings. The summed E-state index contributed by atoms with van der Waals surface area (Å²) in [5.74, 6) is 0.528. The van der Waals surface area contributed by atoms with E-state index in [2.05, 4.69) is 25.5 Å². The van der Waals surface area contributed by atoms with Gasteiger partial charge in [0, 0.05) is 11.1 Å². The summed E-state index contributed by atoms with van der Waals surface area (Å²) >= 11 is 0. The molecule has 2 heterocycles. The van der Waals surface area contributed by atoms with Crippen molar-refractivity contribution in [3.05, 3.63) is 71.9 Å². The van der Waals surface area contributed by atoms with E-state index in [4.69, 9.17) is 10.6 Å². The van der Waals surface area contributed by atoms with Gasteiger partial charge in [0.2, 0.25) is 0 Å². The van der Waals surface area contributed by atoms with E-state index >= 15 is 0 Å². The number of halogens is 1. The lowest BCUT2D eigenvalue weighted by atomic mass is 10.2. The molecule has 164 valence electrons. The number of nitrogen functional groups attached to an aromatic ring is 1. The van der Waals surface area contributed by atoms with Gasteiger partial charge in [-0.2, -0.15) is 5.10 Å². The van der Waals surface area contributed by atoms with Crippen LogP contribution >= 0.6 is 0 Å². The molecule has 2 aromatic heterocycles. The van der Waals surface area contributed by atoms with Gasteiger partial charge in [-0.3, -0.25) is 4.68 Å². The quantitative estimate of drug-likeness (QED) is 0.343. The number of nitrogens with two attached hydrogens (primary N) is 1. The van der Waals surface area contributed by atoms with Gasteiger partial charge in [-0.15, -0.1) is 0 Å². The summed E-state index contributed by atoms with van der Waals surface area (Å²) in [5.41, 5.74) is 8.70. The minimum absolute atomic E-state index is 0.262. The van der Waals surface area contributed by atoms with Gasteiger partial charge in [-0.05, 0) is 56.7 Å². The van der Waals surface area contributed by atoms with Crippen LogP contribution in [0, 0.1) is 5.82 Å². The highest BCUT2D eigenvalue weighted by Gasteiger charge is 2.12. The van der Waals surface area contributed by atoms with Crippen LogP contribution in [0.15, 0.2) is 60.1 Å². The van der Waals surface area contributed by atoms with Gasteiger partial charge in [-0.25, -0.2) is 14.4 Å². The molecular formula is C23H24FN7O. The Hall–Kier alpha value is -4.01. The number of oxime groups is 1. The molecule has 0 amide bonds. The highest BCUT2D eigenvalue weighted by atomic mass is 19.1. The number of anilines is 3. The molecule has 9 heteroatoms.